The van der Waals surface area contributed by atoms with Crippen LogP contribution in [0.4, 0.5) is 0 Å². The molecule has 5 N–H and O–H groups in total. The summed E-state index contributed by atoms with van der Waals surface area (Å²) in [7, 11) is 0. The topological polar surface area (TPSA) is 104 Å². The minimum absolute atomic E-state index is 0.0484. The monoisotopic (exact) mass is 201 g/mol. The minimum Gasteiger partial charge on any atom is -0.393 e. The number of aliphatic hydroxyl groups excluding tert-OH is 1. The molecule has 0 bridgehead atoms. The molecule has 0 radical (unpaired) electrons. The fraction of sp³-hybridized carbons (Fsp3) is 0.750. The minimum atomic E-state index is -0.353. The van der Waals surface area contributed by atoms with Crippen LogP contribution in [0.15, 0.2) is 0 Å². The maximum absolute atomic E-state index is 11.1. The van der Waals surface area contributed by atoms with Crippen molar-refractivity contribution in [3.05, 3.63) is 0 Å². The van der Waals surface area contributed by atoms with E-state index in [1.165, 1.54) is 0 Å². The quantitative estimate of drug-likeness (QED) is 0.410. The van der Waals surface area contributed by atoms with Gasteiger partial charge in [0, 0.05) is 6.04 Å². The molecule has 0 unspecified atom stereocenters. The highest BCUT2D eigenvalue weighted by atomic mass is 16.3. The first kappa shape index (κ1) is 10.9. The standard InChI is InChI=1S/C8H15N3O3/c9-3-7(13)10-4-8(14)11-5-1-6(12)2-5/h5-6,12H,1-4,9H2,(H,10,13)(H,11,14). The van der Waals surface area contributed by atoms with E-state index in [0.717, 1.165) is 0 Å². The van der Waals surface area contributed by atoms with Crippen molar-refractivity contribution in [2.45, 2.75) is 25.0 Å². The molecule has 0 aliphatic heterocycles. The van der Waals surface area contributed by atoms with Gasteiger partial charge >= 0.3 is 0 Å². The average Bonchev–Trinajstić information content (AvgIpc) is 2.11. The average molecular weight is 201 g/mol. The Morgan fingerprint density at radius 1 is 1.36 bits per heavy atom. The third kappa shape index (κ3) is 3.31. The van der Waals surface area contributed by atoms with Crippen molar-refractivity contribution in [2.75, 3.05) is 13.1 Å². The molecule has 1 fully saturated rings. The van der Waals surface area contributed by atoms with E-state index in [9.17, 15) is 9.59 Å². The highest BCUT2D eigenvalue weighted by Crippen LogP contribution is 2.18. The molecule has 0 saturated heterocycles. The van der Waals surface area contributed by atoms with Crippen LogP contribution < -0.4 is 16.4 Å². The Labute approximate surface area is 81.8 Å². The molecule has 2 amide bonds. The lowest BCUT2D eigenvalue weighted by molar-refractivity contribution is -0.126. The normalized spacial score (nSPS) is 25.0. The van der Waals surface area contributed by atoms with Crippen LogP contribution in [-0.2, 0) is 9.59 Å². The fourth-order valence-corrected chi connectivity index (χ4v) is 1.24. The molecule has 0 aromatic rings. The molecular weight excluding hydrogens is 186 g/mol. The molecule has 1 aliphatic carbocycles. The number of carbonyl (C=O) groups excluding carboxylic acids is 2. The lowest BCUT2D eigenvalue weighted by Crippen LogP contribution is -2.50. The number of nitrogens with two attached hydrogens (primary N) is 1. The van der Waals surface area contributed by atoms with E-state index < -0.39 is 0 Å². The molecule has 0 aromatic heterocycles. The van der Waals surface area contributed by atoms with Gasteiger partial charge in [0.2, 0.25) is 11.8 Å². The van der Waals surface area contributed by atoms with Gasteiger partial charge in [0.15, 0.2) is 0 Å². The summed E-state index contributed by atoms with van der Waals surface area (Å²) in [4.78, 5) is 21.8. The maximum atomic E-state index is 11.1. The van der Waals surface area contributed by atoms with Gasteiger partial charge in [0.25, 0.3) is 0 Å². The largest absolute Gasteiger partial charge is 0.393 e. The van der Waals surface area contributed by atoms with E-state index in [2.05, 4.69) is 10.6 Å². The first-order chi connectivity index (χ1) is 6.61. The van der Waals surface area contributed by atoms with E-state index in [-0.39, 0.29) is 37.0 Å². The maximum Gasteiger partial charge on any atom is 0.239 e. The summed E-state index contributed by atoms with van der Waals surface area (Å²) < 4.78 is 0. The van der Waals surface area contributed by atoms with Crippen LogP contribution >= 0.6 is 0 Å². The third-order valence-electron chi connectivity index (χ3n) is 2.11. The van der Waals surface area contributed by atoms with Crippen molar-refractivity contribution in [2.24, 2.45) is 5.73 Å². The van der Waals surface area contributed by atoms with Gasteiger partial charge in [-0.15, -0.1) is 0 Å². The molecule has 80 valence electrons. The number of carbonyl (C=O) groups is 2. The van der Waals surface area contributed by atoms with E-state index in [0.29, 0.717) is 12.8 Å². The SMILES string of the molecule is NCC(=O)NCC(=O)NC1CC(O)C1. The van der Waals surface area contributed by atoms with Gasteiger partial charge in [-0.2, -0.15) is 0 Å². The summed E-state index contributed by atoms with van der Waals surface area (Å²) in [6.07, 6.45) is 0.895. The van der Waals surface area contributed by atoms with E-state index in [4.69, 9.17) is 10.8 Å². The molecule has 6 heteroatoms. The van der Waals surface area contributed by atoms with Crippen LogP contribution in [0.25, 0.3) is 0 Å². The molecule has 0 spiro atoms. The summed E-state index contributed by atoms with van der Waals surface area (Å²) in [6.45, 7) is -0.169. The number of amides is 2. The van der Waals surface area contributed by atoms with Crippen LogP contribution in [-0.4, -0.2) is 42.2 Å². The van der Waals surface area contributed by atoms with Gasteiger partial charge in [-0.1, -0.05) is 0 Å². The lowest BCUT2D eigenvalue weighted by Gasteiger charge is -2.31. The third-order valence-corrected chi connectivity index (χ3v) is 2.11. The van der Waals surface area contributed by atoms with Crippen LogP contribution in [0, 0.1) is 0 Å². The second kappa shape index (κ2) is 4.92. The highest BCUT2D eigenvalue weighted by molar-refractivity contribution is 5.85. The summed E-state index contributed by atoms with van der Waals surface area (Å²) in [5, 5.41) is 14.0. The summed E-state index contributed by atoms with van der Waals surface area (Å²) >= 11 is 0. The fourth-order valence-electron chi connectivity index (χ4n) is 1.24. The van der Waals surface area contributed by atoms with Crippen molar-refractivity contribution in [1.29, 1.82) is 0 Å². The second-order valence-corrected chi connectivity index (χ2v) is 3.37. The zero-order valence-electron chi connectivity index (χ0n) is 7.82. The Balaban J connectivity index is 2.07. The number of hydrogen-bond donors (Lipinski definition) is 4. The molecule has 0 heterocycles. The first-order valence-electron chi connectivity index (χ1n) is 4.56. The molecule has 0 aromatic carbocycles. The van der Waals surface area contributed by atoms with Gasteiger partial charge < -0.3 is 21.5 Å². The molecule has 0 atom stereocenters. The predicted molar refractivity (Wildman–Crippen MR) is 49.2 cm³/mol. The number of rotatable bonds is 4. The van der Waals surface area contributed by atoms with Crippen LogP contribution in [0.1, 0.15) is 12.8 Å². The number of aliphatic hydroxyl groups is 1. The van der Waals surface area contributed by atoms with E-state index in [1.807, 2.05) is 0 Å². The Morgan fingerprint density at radius 3 is 2.50 bits per heavy atom. The van der Waals surface area contributed by atoms with Crippen molar-refractivity contribution >= 4 is 11.8 Å². The van der Waals surface area contributed by atoms with Gasteiger partial charge in [-0.05, 0) is 12.8 Å². The Kier molecular flexibility index (Phi) is 3.84. The van der Waals surface area contributed by atoms with Crippen LogP contribution in [0.2, 0.25) is 0 Å². The number of hydrogen-bond acceptors (Lipinski definition) is 4. The van der Waals surface area contributed by atoms with E-state index in [1.54, 1.807) is 0 Å². The summed E-state index contributed by atoms with van der Waals surface area (Å²) in [5.41, 5.74) is 5.04. The predicted octanol–water partition coefficient (Wildman–Crippen LogP) is -2.30. The number of nitrogens with one attached hydrogen (secondary N) is 2. The van der Waals surface area contributed by atoms with Crippen molar-refractivity contribution in [3.8, 4) is 0 Å². The van der Waals surface area contributed by atoms with Gasteiger partial charge in [-0.25, -0.2) is 0 Å². The van der Waals surface area contributed by atoms with Crippen molar-refractivity contribution < 1.29 is 14.7 Å². The zero-order valence-corrected chi connectivity index (χ0v) is 7.82. The van der Waals surface area contributed by atoms with Gasteiger partial charge in [0.1, 0.15) is 0 Å². The summed E-state index contributed by atoms with van der Waals surface area (Å²) in [6, 6.07) is 0.0484. The van der Waals surface area contributed by atoms with Crippen molar-refractivity contribution in [3.63, 3.8) is 0 Å². The van der Waals surface area contributed by atoms with Gasteiger partial charge in [-0.3, -0.25) is 9.59 Å². The summed E-state index contributed by atoms with van der Waals surface area (Å²) in [5.74, 6) is -0.600. The van der Waals surface area contributed by atoms with Crippen LogP contribution in [0.5, 0.6) is 0 Å². The Hall–Kier alpha value is -1.14. The molecule has 1 rings (SSSR count). The van der Waals surface area contributed by atoms with E-state index >= 15 is 0 Å². The van der Waals surface area contributed by atoms with Gasteiger partial charge in [0.05, 0.1) is 19.2 Å². The highest BCUT2D eigenvalue weighted by Gasteiger charge is 2.28. The molecule has 1 aliphatic rings. The molecule has 14 heavy (non-hydrogen) atoms. The zero-order chi connectivity index (χ0) is 10.6. The molecular formula is C8H15N3O3. The Morgan fingerprint density at radius 2 is 2.00 bits per heavy atom. The van der Waals surface area contributed by atoms with Crippen molar-refractivity contribution in [1.82, 2.24) is 10.6 Å². The lowest BCUT2D eigenvalue weighted by atomic mass is 9.89. The molecule has 1 saturated carbocycles. The Bertz CT molecular complexity index is 226. The van der Waals surface area contributed by atoms with Crippen LogP contribution in [0.3, 0.4) is 0 Å². The smallest absolute Gasteiger partial charge is 0.239 e. The molecule has 6 nitrogen and oxygen atoms in total. The second-order valence-electron chi connectivity index (χ2n) is 3.37. The first-order valence-corrected chi connectivity index (χ1v) is 4.56.